The lowest BCUT2D eigenvalue weighted by Gasteiger charge is -2.47. The molecule has 172 valence electrons. The van der Waals surface area contributed by atoms with Crippen LogP contribution < -0.4 is 5.32 Å². The number of pyridine rings is 1. The highest BCUT2D eigenvalue weighted by Gasteiger charge is 2.47. The number of hydrogen-bond acceptors (Lipinski definition) is 6. The number of carbonyl (C=O) groups excluding carboxylic acids is 1. The number of alkyl halides is 3. The number of hydrogen-bond donors (Lipinski definition) is 1. The van der Waals surface area contributed by atoms with Crippen molar-refractivity contribution in [2.24, 2.45) is 0 Å². The minimum Gasteiger partial charge on any atom is -0.349 e. The second kappa shape index (κ2) is 9.06. The summed E-state index contributed by atoms with van der Waals surface area (Å²) in [6.45, 7) is 2.68. The molecular weight excluding hydrogens is 458 g/mol. The molecule has 3 heterocycles. The Hall–Kier alpha value is -3.05. The third kappa shape index (κ3) is 5.14. The van der Waals surface area contributed by atoms with Gasteiger partial charge in [0.1, 0.15) is 23.4 Å². The Balaban J connectivity index is 1.39. The van der Waals surface area contributed by atoms with Crippen LogP contribution in [0.2, 0.25) is 0 Å². The van der Waals surface area contributed by atoms with Gasteiger partial charge in [-0.25, -0.2) is 18.7 Å². The molecule has 2 aromatic heterocycles. The molecule has 0 spiro atoms. The molecule has 1 aromatic carbocycles. The van der Waals surface area contributed by atoms with Gasteiger partial charge in [0, 0.05) is 23.2 Å². The molecule has 0 radical (unpaired) electrons. The predicted octanol–water partition coefficient (Wildman–Crippen LogP) is 4.48. The first-order valence-electron chi connectivity index (χ1n) is 9.99. The van der Waals surface area contributed by atoms with Crippen molar-refractivity contribution in [3.8, 4) is 11.3 Å². The Bertz CT molecular complexity index is 1140. The minimum atomic E-state index is -4.51. The van der Waals surface area contributed by atoms with Gasteiger partial charge in [0.2, 0.25) is 5.91 Å². The maximum atomic E-state index is 13.1. The molecule has 1 saturated heterocycles. The average molecular weight is 477 g/mol. The van der Waals surface area contributed by atoms with Gasteiger partial charge in [0.15, 0.2) is 0 Å². The summed E-state index contributed by atoms with van der Waals surface area (Å²) in [6.07, 6.45) is -1.46. The number of nitrogens with zero attached hydrogens (tertiary/aromatic N) is 4. The van der Waals surface area contributed by atoms with Gasteiger partial charge in [0.25, 0.3) is 0 Å². The largest absolute Gasteiger partial charge is 0.433 e. The summed E-state index contributed by atoms with van der Waals surface area (Å²) in [6, 6.07) is 9.85. The fourth-order valence-electron chi connectivity index (χ4n) is 3.26. The highest BCUT2D eigenvalue weighted by Crippen LogP contribution is 2.40. The average Bonchev–Trinajstić information content (AvgIpc) is 2.80. The standard InChI is InChI=1S/C22H19F4N5OS/c1-21(8-9-31(21)33-17-5-3-15(23)4-6-17)20(32)28-12-16-10-18(30-13-29-16)14-2-7-19(27-11-14)22(24,25)26/h2-7,10-11,13H,8-9,12H2,1H3,(H,28,32)/t21-/m0/s1. The molecule has 1 aliphatic heterocycles. The van der Waals surface area contributed by atoms with E-state index in [-0.39, 0.29) is 18.3 Å². The second-order valence-electron chi connectivity index (χ2n) is 7.68. The number of amides is 1. The molecule has 0 saturated carbocycles. The maximum Gasteiger partial charge on any atom is 0.433 e. The summed E-state index contributed by atoms with van der Waals surface area (Å²) >= 11 is 1.39. The third-order valence-electron chi connectivity index (χ3n) is 5.37. The molecule has 1 fully saturated rings. The number of aromatic nitrogens is 3. The zero-order chi connectivity index (χ0) is 23.6. The van der Waals surface area contributed by atoms with Gasteiger partial charge < -0.3 is 5.32 Å². The Morgan fingerprint density at radius 3 is 2.52 bits per heavy atom. The van der Waals surface area contributed by atoms with Crippen LogP contribution >= 0.6 is 11.9 Å². The number of nitrogens with one attached hydrogen (secondary N) is 1. The lowest BCUT2D eigenvalue weighted by molar-refractivity contribution is -0.141. The van der Waals surface area contributed by atoms with E-state index in [9.17, 15) is 22.4 Å². The van der Waals surface area contributed by atoms with E-state index in [1.54, 1.807) is 18.2 Å². The second-order valence-corrected chi connectivity index (χ2v) is 8.77. The zero-order valence-electron chi connectivity index (χ0n) is 17.4. The molecule has 1 amide bonds. The molecule has 0 unspecified atom stereocenters. The summed E-state index contributed by atoms with van der Waals surface area (Å²) in [5, 5.41) is 2.87. The van der Waals surface area contributed by atoms with Crippen LogP contribution in [-0.4, -0.2) is 37.2 Å². The topological polar surface area (TPSA) is 71.0 Å². The fraction of sp³-hybridized carbons (Fsp3) is 0.273. The first kappa shape index (κ1) is 23.1. The Morgan fingerprint density at radius 1 is 1.15 bits per heavy atom. The Labute approximate surface area is 191 Å². The highest BCUT2D eigenvalue weighted by atomic mass is 32.2. The molecule has 0 aliphatic carbocycles. The van der Waals surface area contributed by atoms with Crippen molar-refractivity contribution in [1.82, 2.24) is 24.6 Å². The lowest BCUT2D eigenvalue weighted by atomic mass is 9.89. The van der Waals surface area contributed by atoms with E-state index in [0.717, 1.165) is 17.2 Å². The van der Waals surface area contributed by atoms with Crippen LogP contribution in [0.25, 0.3) is 11.3 Å². The Kier molecular flexibility index (Phi) is 6.35. The molecule has 11 heteroatoms. The van der Waals surface area contributed by atoms with Crippen molar-refractivity contribution in [2.45, 2.75) is 36.5 Å². The van der Waals surface area contributed by atoms with Crippen LogP contribution in [0.1, 0.15) is 24.7 Å². The van der Waals surface area contributed by atoms with E-state index in [0.29, 0.717) is 29.9 Å². The smallest absolute Gasteiger partial charge is 0.349 e. The first-order valence-corrected chi connectivity index (χ1v) is 10.8. The van der Waals surface area contributed by atoms with Crippen LogP contribution in [0.5, 0.6) is 0 Å². The minimum absolute atomic E-state index is 0.132. The molecular formula is C22H19F4N5OS. The number of rotatable bonds is 6. The van der Waals surface area contributed by atoms with E-state index < -0.39 is 17.4 Å². The highest BCUT2D eigenvalue weighted by molar-refractivity contribution is 7.97. The van der Waals surface area contributed by atoms with Crippen LogP contribution in [0.15, 0.2) is 59.9 Å². The molecule has 33 heavy (non-hydrogen) atoms. The van der Waals surface area contributed by atoms with Crippen LogP contribution in [-0.2, 0) is 17.5 Å². The first-order chi connectivity index (χ1) is 15.6. The van der Waals surface area contributed by atoms with Gasteiger partial charge in [-0.3, -0.25) is 9.78 Å². The summed E-state index contributed by atoms with van der Waals surface area (Å²) < 4.78 is 53.2. The molecule has 1 aliphatic rings. The van der Waals surface area contributed by atoms with E-state index in [2.05, 4.69) is 20.3 Å². The van der Waals surface area contributed by atoms with Crippen molar-refractivity contribution >= 4 is 17.9 Å². The van der Waals surface area contributed by atoms with Gasteiger partial charge >= 0.3 is 6.18 Å². The lowest BCUT2D eigenvalue weighted by Crippen LogP contribution is -2.62. The number of benzene rings is 1. The third-order valence-corrected chi connectivity index (χ3v) is 6.66. The molecule has 3 aromatic rings. The summed E-state index contributed by atoms with van der Waals surface area (Å²) in [7, 11) is 0. The molecule has 1 atom stereocenters. The van der Waals surface area contributed by atoms with Gasteiger partial charge in [-0.1, -0.05) is 0 Å². The van der Waals surface area contributed by atoms with Crippen LogP contribution in [0, 0.1) is 5.82 Å². The quantitative estimate of drug-likeness (QED) is 0.417. The molecule has 0 bridgehead atoms. The van der Waals surface area contributed by atoms with Crippen molar-refractivity contribution in [3.63, 3.8) is 0 Å². The number of halogens is 4. The predicted molar refractivity (Wildman–Crippen MR) is 114 cm³/mol. The van der Waals surface area contributed by atoms with E-state index in [1.807, 2.05) is 11.2 Å². The van der Waals surface area contributed by atoms with E-state index >= 15 is 0 Å². The monoisotopic (exact) mass is 477 g/mol. The van der Waals surface area contributed by atoms with Gasteiger partial charge in [-0.05, 0) is 67.8 Å². The summed E-state index contributed by atoms with van der Waals surface area (Å²) in [5.41, 5.74) is -0.394. The molecule has 1 N–H and O–H groups in total. The summed E-state index contributed by atoms with van der Waals surface area (Å²) in [4.78, 5) is 25.4. The van der Waals surface area contributed by atoms with E-state index in [4.69, 9.17) is 0 Å². The molecule has 4 rings (SSSR count). The Morgan fingerprint density at radius 2 is 1.91 bits per heavy atom. The van der Waals surface area contributed by atoms with Crippen LogP contribution in [0.4, 0.5) is 17.6 Å². The summed E-state index contributed by atoms with van der Waals surface area (Å²) in [5.74, 6) is -0.500. The van der Waals surface area contributed by atoms with Crippen molar-refractivity contribution in [2.75, 3.05) is 6.54 Å². The van der Waals surface area contributed by atoms with Crippen molar-refractivity contribution < 1.29 is 22.4 Å². The van der Waals surface area contributed by atoms with Crippen LogP contribution in [0.3, 0.4) is 0 Å². The molecule has 6 nitrogen and oxygen atoms in total. The maximum absolute atomic E-state index is 13.1. The van der Waals surface area contributed by atoms with E-state index in [1.165, 1.54) is 36.5 Å². The van der Waals surface area contributed by atoms with Gasteiger partial charge in [0.05, 0.1) is 17.9 Å². The fourth-order valence-corrected chi connectivity index (χ4v) is 4.33. The SMILES string of the molecule is C[C@@]1(C(=O)NCc2cc(-c3ccc(C(F)(F)F)nc3)ncn2)CCN1Sc1ccc(F)cc1. The normalized spacial score (nSPS) is 18.6. The van der Waals surface area contributed by atoms with Gasteiger partial charge in [-0.2, -0.15) is 13.2 Å². The van der Waals surface area contributed by atoms with Crippen molar-refractivity contribution in [1.29, 1.82) is 0 Å². The number of carbonyl (C=O) groups is 1. The zero-order valence-corrected chi connectivity index (χ0v) is 18.3. The van der Waals surface area contributed by atoms with Gasteiger partial charge in [-0.15, -0.1) is 0 Å². The van der Waals surface area contributed by atoms with Crippen molar-refractivity contribution in [3.05, 3.63) is 72.2 Å².